The van der Waals surface area contributed by atoms with Gasteiger partial charge in [0.2, 0.25) is 0 Å². The van der Waals surface area contributed by atoms with Gasteiger partial charge < -0.3 is 10.4 Å². The van der Waals surface area contributed by atoms with Crippen LogP contribution in [-0.2, 0) is 5.60 Å². The summed E-state index contributed by atoms with van der Waals surface area (Å²) in [6.07, 6.45) is 1.08. The molecule has 1 aromatic rings. The van der Waals surface area contributed by atoms with Crippen molar-refractivity contribution in [2.24, 2.45) is 0 Å². The highest BCUT2D eigenvalue weighted by Crippen LogP contribution is 2.22. The standard InChI is InChI=1S/C11H19NOS/c1-4-9(2)12-8-11(3,13)10-5-6-14-7-10/h5-7,9,12-13H,4,8H2,1-3H3. The van der Waals surface area contributed by atoms with Gasteiger partial charge in [0.25, 0.3) is 0 Å². The summed E-state index contributed by atoms with van der Waals surface area (Å²) in [7, 11) is 0. The minimum atomic E-state index is -0.747. The average Bonchev–Trinajstić information content (AvgIpc) is 2.67. The van der Waals surface area contributed by atoms with E-state index < -0.39 is 5.60 Å². The van der Waals surface area contributed by atoms with E-state index >= 15 is 0 Å². The van der Waals surface area contributed by atoms with Crippen LogP contribution < -0.4 is 5.32 Å². The van der Waals surface area contributed by atoms with E-state index in [2.05, 4.69) is 19.2 Å². The molecule has 2 atom stereocenters. The maximum atomic E-state index is 10.2. The van der Waals surface area contributed by atoms with Crippen molar-refractivity contribution in [3.63, 3.8) is 0 Å². The van der Waals surface area contributed by atoms with Crippen molar-refractivity contribution in [3.05, 3.63) is 22.4 Å². The smallest absolute Gasteiger partial charge is 0.1000 e. The molecular formula is C11H19NOS. The van der Waals surface area contributed by atoms with E-state index in [1.165, 1.54) is 0 Å². The highest BCUT2D eigenvalue weighted by molar-refractivity contribution is 7.08. The van der Waals surface area contributed by atoms with Crippen LogP contribution in [-0.4, -0.2) is 17.7 Å². The van der Waals surface area contributed by atoms with E-state index in [4.69, 9.17) is 0 Å². The minimum Gasteiger partial charge on any atom is -0.384 e. The zero-order chi connectivity index (χ0) is 10.6. The van der Waals surface area contributed by atoms with Crippen molar-refractivity contribution < 1.29 is 5.11 Å². The number of nitrogens with one attached hydrogen (secondary N) is 1. The summed E-state index contributed by atoms with van der Waals surface area (Å²) < 4.78 is 0. The Hall–Kier alpha value is -0.380. The van der Waals surface area contributed by atoms with E-state index in [1.54, 1.807) is 11.3 Å². The molecule has 80 valence electrons. The number of rotatable bonds is 5. The van der Waals surface area contributed by atoms with Gasteiger partial charge in [-0.05, 0) is 42.7 Å². The Labute approximate surface area is 90.0 Å². The van der Waals surface area contributed by atoms with Crippen molar-refractivity contribution >= 4 is 11.3 Å². The predicted molar refractivity (Wildman–Crippen MR) is 61.6 cm³/mol. The van der Waals surface area contributed by atoms with Crippen molar-refractivity contribution in [1.82, 2.24) is 5.32 Å². The molecule has 2 nitrogen and oxygen atoms in total. The van der Waals surface area contributed by atoms with Gasteiger partial charge in [0.1, 0.15) is 0 Å². The molecule has 14 heavy (non-hydrogen) atoms. The summed E-state index contributed by atoms with van der Waals surface area (Å²) >= 11 is 1.62. The monoisotopic (exact) mass is 213 g/mol. The molecule has 3 heteroatoms. The van der Waals surface area contributed by atoms with Crippen LogP contribution in [0.15, 0.2) is 16.8 Å². The quantitative estimate of drug-likeness (QED) is 0.787. The molecule has 0 spiro atoms. The van der Waals surface area contributed by atoms with Crippen LogP contribution in [0.2, 0.25) is 0 Å². The van der Waals surface area contributed by atoms with Gasteiger partial charge >= 0.3 is 0 Å². The van der Waals surface area contributed by atoms with Crippen LogP contribution in [0.4, 0.5) is 0 Å². The number of aliphatic hydroxyl groups is 1. The molecule has 1 rings (SSSR count). The lowest BCUT2D eigenvalue weighted by atomic mass is 9.99. The molecule has 0 saturated carbocycles. The second kappa shape index (κ2) is 4.91. The topological polar surface area (TPSA) is 32.3 Å². The highest BCUT2D eigenvalue weighted by atomic mass is 32.1. The van der Waals surface area contributed by atoms with Crippen LogP contribution in [0.5, 0.6) is 0 Å². The van der Waals surface area contributed by atoms with Gasteiger partial charge in [-0.3, -0.25) is 0 Å². The molecule has 0 aliphatic heterocycles. The molecule has 0 saturated heterocycles. The molecule has 0 aliphatic carbocycles. The van der Waals surface area contributed by atoms with Gasteiger partial charge in [0.05, 0.1) is 5.60 Å². The normalized spacial score (nSPS) is 17.7. The van der Waals surface area contributed by atoms with E-state index in [-0.39, 0.29) is 0 Å². The van der Waals surface area contributed by atoms with Crippen LogP contribution >= 0.6 is 11.3 Å². The first-order valence-electron chi connectivity index (χ1n) is 5.04. The van der Waals surface area contributed by atoms with E-state index in [0.29, 0.717) is 12.6 Å². The number of hydrogen-bond donors (Lipinski definition) is 2. The summed E-state index contributed by atoms with van der Waals surface area (Å²) in [6, 6.07) is 2.43. The van der Waals surface area contributed by atoms with E-state index in [1.807, 2.05) is 23.8 Å². The fourth-order valence-corrected chi connectivity index (χ4v) is 1.97. The van der Waals surface area contributed by atoms with Gasteiger partial charge in [-0.15, -0.1) is 0 Å². The molecule has 2 unspecified atom stereocenters. The van der Waals surface area contributed by atoms with Crippen molar-refractivity contribution in [1.29, 1.82) is 0 Å². The lowest BCUT2D eigenvalue weighted by molar-refractivity contribution is 0.0547. The van der Waals surface area contributed by atoms with Gasteiger partial charge in [-0.25, -0.2) is 0 Å². The molecule has 0 amide bonds. The molecule has 1 heterocycles. The SMILES string of the molecule is CCC(C)NCC(C)(O)c1ccsc1. The molecule has 0 aromatic carbocycles. The fraction of sp³-hybridized carbons (Fsp3) is 0.636. The molecule has 2 N–H and O–H groups in total. The summed E-state index contributed by atoms with van der Waals surface area (Å²) in [5.74, 6) is 0. The Morgan fingerprint density at radius 3 is 2.86 bits per heavy atom. The molecule has 1 aromatic heterocycles. The first-order valence-corrected chi connectivity index (χ1v) is 5.99. The van der Waals surface area contributed by atoms with E-state index in [9.17, 15) is 5.11 Å². The average molecular weight is 213 g/mol. The van der Waals surface area contributed by atoms with Crippen molar-refractivity contribution in [2.75, 3.05) is 6.54 Å². The second-order valence-corrected chi connectivity index (χ2v) is 4.76. The Bertz CT molecular complexity index is 256. The summed E-state index contributed by atoms with van der Waals surface area (Å²) in [6.45, 7) is 6.73. The molecule has 0 fully saturated rings. The number of hydrogen-bond acceptors (Lipinski definition) is 3. The first kappa shape index (κ1) is 11.7. The highest BCUT2D eigenvalue weighted by Gasteiger charge is 2.23. The van der Waals surface area contributed by atoms with Gasteiger partial charge in [-0.1, -0.05) is 6.92 Å². The maximum Gasteiger partial charge on any atom is 0.1000 e. The van der Waals surface area contributed by atoms with Crippen molar-refractivity contribution in [3.8, 4) is 0 Å². The number of thiophene rings is 1. The van der Waals surface area contributed by atoms with Crippen molar-refractivity contribution in [2.45, 2.75) is 38.8 Å². The molecule has 0 bridgehead atoms. The predicted octanol–water partition coefficient (Wildman–Crippen LogP) is 2.34. The summed E-state index contributed by atoms with van der Waals surface area (Å²) in [4.78, 5) is 0. The Kier molecular flexibility index (Phi) is 4.11. The lowest BCUT2D eigenvalue weighted by Gasteiger charge is -2.25. The third-order valence-electron chi connectivity index (χ3n) is 2.55. The summed E-state index contributed by atoms with van der Waals surface area (Å²) in [5, 5.41) is 17.5. The van der Waals surface area contributed by atoms with Gasteiger partial charge in [-0.2, -0.15) is 11.3 Å². The first-order chi connectivity index (χ1) is 6.56. The zero-order valence-electron chi connectivity index (χ0n) is 9.08. The maximum absolute atomic E-state index is 10.2. The molecular weight excluding hydrogens is 194 g/mol. The van der Waals surface area contributed by atoms with Gasteiger partial charge in [0, 0.05) is 12.6 Å². The largest absolute Gasteiger partial charge is 0.384 e. The third-order valence-corrected chi connectivity index (χ3v) is 3.23. The zero-order valence-corrected chi connectivity index (χ0v) is 9.90. The summed E-state index contributed by atoms with van der Waals surface area (Å²) in [5.41, 5.74) is 0.252. The second-order valence-electron chi connectivity index (χ2n) is 3.98. The fourth-order valence-electron chi connectivity index (χ4n) is 1.19. The Morgan fingerprint density at radius 2 is 2.36 bits per heavy atom. The van der Waals surface area contributed by atoms with Crippen LogP contribution in [0, 0.1) is 0 Å². The van der Waals surface area contributed by atoms with Gasteiger partial charge in [0.15, 0.2) is 0 Å². The lowest BCUT2D eigenvalue weighted by Crippen LogP contribution is -2.39. The molecule has 0 aliphatic rings. The Balaban J connectivity index is 2.50. The Morgan fingerprint density at radius 1 is 1.64 bits per heavy atom. The minimum absolute atomic E-state index is 0.458. The van der Waals surface area contributed by atoms with Crippen LogP contribution in [0.1, 0.15) is 32.8 Å². The third kappa shape index (κ3) is 3.08. The van der Waals surface area contributed by atoms with Crippen LogP contribution in [0.25, 0.3) is 0 Å². The van der Waals surface area contributed by atoms with Crippen LogP contribution in [0.3, 0.4) is 0 Å². The van der Waals surface area contributed by atoms with E-state index in [0.717, 1.165) is 12.0 Å². The molecule has 0 radical (unpaired) electrons.